The molecule has 0 spiro atoms. The third kappa shape index (κ3) is 2.65. The number of benzene rings is 1. The smallest absolute Gasteiger partial charge is 0.124 e. The van der Waals surface area contributed by atoms with Gasteiger partial charge in [-0.15, -0.1) is 0 Å². The van der Waals surface area contributed by atoms with Crippen molar-refractivity contribution in [3.63, 3.8) is 0 Å². The molecule has 2 aromatic rings. The summed E-state index contributed by atoms with van der Waals surface area (Å²) in [5.41, 5.74) is 1.72. The van der Waals surface area contributed by atoms with Crippen LogP contribution in [-0.4, -0.2) is 22.0 Å². The fraction of sp³-hybridized carbons (Fsp3) is 0.308. The Morgan fingerprint density at radius 3 is 2.76 bits per heavy atom. The molecule has 1 aromatic carbocycles. The van der Waals surface area contributed by atoms with Gasteiger partial charge in [0.15, 0.2) is 0 Å². The summed E-state index contributed by atoms with van der Waals surface area (Å²) in [5, 5.41) is 14.4. The first-order chi connectivity index (χ1) is 8.20. The number of nitrogens with zero attached hydrogens (tertiary/aromatic N) is 2. The van der Waals surface area contributed by atoms with Crippen LogP contribution in [0.25, 0.3) is 0 Å². The minimum Gasteiger partial charge on any atom is -0.496 e. The highest BCUT2D eigenvalue weighted by Gasteiger charge is 2.13. The summed E-state index contributed by atoms with van der Waals surface area (Å²) in [7, 11) is 1.60. The quantitative estimate of drug-likeness (QED) is 0.876. The van der Waals surface area contributed by atoms with Crippen LogP contribution in [0.3, 0.4) is 0 Å². The molecule has 4 nitrogen and oxygen atoms in total. The number of methoxy groups -OCH3 is 1. The molecule has 90 valence electrons. The van der Waals surface area contributed by atoms with E-state index in [0.29, 0.717) is 12.3 Å². The van der Waals surface area contributed by atoms with Crippen LogP contribution in [0, 0.1) is 6.92 Å². The molecule has 1 N–H and O–H groups in total. The number of ether oxygens (including phenoxy) is 1. The highest BCUT2D eigenvalue weighted by atomic mass is 16.5. The van der Waals surface area contributed by atoms with E-state index in [1.165, 1.54) is 0 Å². The third-order valence-electron chi connectivity index (χ3n) is 2.63. The van der Waals surface area contributed by atoms with Gasteiger partial charge in [-0.3, -0.25) is 4.68 Å². The van der Waals surface area contributed by atoms with Gasteiger partial charge in [-0.25, -0.2) is 0 Å². The topological polar surface area (TPSA) is 47.3 Å². The van der Waals surface area contributed by atoms with Gasteiger partial charge in [0.25, 0.3) is 0 Å². The first kappa shape index (κ1) is 11.7. The van der Waals surface area contributed by atoms with Gasteiger partial charge in [0, 0.05) is 11.8 Å². The Balaban J connectivity index is 2.16. The molecule has 2 rings (SSSR count). The maximum atomic E-state index is 10.2. The molecule has 0 radical (unpaired) electrons. The van der Waals surface area contributed by atoms with Crippen molar-refractivity contribution >= 4 is 0 Å². The minimum absolute atomic E-state index is 0.425. The summed E-state index contributed by atoms with van der Waals surface area (Å²) in [4.78, 5) is 0. The van der Waals surface area contributed by atoms with Crippen molar-refractivity contribution in [2.45, 2.75) is 19.6 Å². The molecule has 0 aliphatic heterocycles. The lowest BCUT2D eigenvalue weighted by atomic mass is 10.1. The van der Waals surface area contributed by atoms with Crippen LogP contribution >= 0.6 is 0 Å². The third-order valence-corrected chi connectivity index (χ3v) is 2.63. The Morgan fingerprint density at radius 2 is 2.12 bits per heavy atom. The van der Waals surface area contributed by atoms with Gasteiger partial charge in [0.05, 0.1) is 19.3 Å². The first-order valence-corrected chi connectivity index (χ1v) is 5.51. The molecule has 4 heteroatoms. The number of aliphatic hydroxyl groups is 1. The van der Waals surface area contributed by atoms with Crippen LogP contribution in [0.1, 0.15) is 17.4 Å². The SMILES string of the molecule is COc1ccccc1C(O)Cn1ccc(C)n1. The van der Waals surface area contributed by atoms with Crippen molar-refractivity contribution in [3.8, 4) is 5.75 Å². The molecule has 1 atom stereocenters. The normalized spacial score (nSPS) is 12.4. The van der Waals surface area contributed by atoms with Gasteiger partial charge >= 0.3 is 0 Å². The zero-order chi connectivity index (χ0) is 12.3. The fourth-order valence-electron chi connectivity index (χ4n) is 1.78. The molecule has 0 fully saturated rings. The molecule has 0 aliphatic carbocycles. The lowest BCUT2D eigenvalue weighted by Crippen LogP contribution is -2.10. The van der Waals surface area contributed by atoms with E-state index in [-0.39, 0.29) is 0 Å². The predicted octanol–water partition coefficient (Wildman–Crippen LogP) is 1.93. The number of hydrogen-bond donors (Lipinski definition) is 1. The maximum Gasteiger partial charge on any atom is 0.124 e. The fourth-order valence-corrected chi connectivity index (χ4v) is 1.78. The molecule has 1 aromatic heterocycles. The van der Waals surface area contributed by atoms with E-state index in [2.05, 4.69) is 5.10 Å². The average molecular weight is 232 g/mol. The largest absolute Gasteiger partial charge is 0.496 e. The zero-order valence-corrected chi connectivity index (χ0v) is 10.00. The van der Waals surface area contributed by atoms with E-state index in [0.717, 1.165) is 11.3 Å². The summed E-state index contributed by atoms with van der Waals surface area (Å²) < 4.78 is 6.95. The van der Waals surface area contributed by atoms with Gasteiger partial charge in [0.2, 0.25) is 0 Å². The van der Waals surface area contributed by atoms with Crippen molar-refractivity contribution < 1.29 is 9.84 Å². The average Bonchev–Trinajstić information content (AvgIpc) is 2.74. The van der Waals surface area contributed by atoms with Crippen molar-refractivity contribution in [2.24, 2.45) is 0 Å². The monoisotopic (exact) mass is 232 g/mol. The molecule has 0 saturated carbocycles. The summed E-state index contributed by atoms with van der Waals surface area (Å²) in [5.74, 6) is 0.698. The first-order valence-electron chi connectivity index (χ1n) is 5.51. The standard InChI is InChI=1S/C13H16N2O2/c1-10-7-8-15(14-10)9-12(16)11-5-3-4-6-13(11)17-2/h3-8,12,16H,9H2,1-2H3. The second-order valence-corrected chi connectivity index (χ2v) is 3.94. The van der Waals surface area contributed by atoms with Crippen molar-refractivity contribution in [1.82, 2.24) is 9.78 Å². The van der Waals surface area contributed by atoms with E-state index >= 15 is 0 Å². The van der Waals surface area contributed by atoms with Gasteiger partial charge in [-0.05, 0) is 19.1 Å². The summed E-state index contributed by atoms with van der Waals surface area (Å²) >= 11 is 0. The number of aliphatic hydroxyl groups excluding tert-OH is 1. The Kier molecular flexibility index (Phi) is 3.44. The molecule has 1 heterocycles. The molecule has 0 saturated heterocycles. The molecular weight excluding hydrogens is 216 g/mol. The number of para-hydroxylation sites is 1. The van der Waals surface area contributed by atoms with Crippen molar-refractivity contribution in [2.75, 3.05) is 7.11 Å². The Bertz CT molecular complexity index is 494. The van der Waals surface area contributed by atoms with E-state index in [9.17, 15) is 5.11 Å². The lowest BCUT2D eigenvalue weighted by Gasteiger charge is -2.14. The van der Waals surface area contributed by atoms with Gasteiger partial charge in [-0.2, -0.15) is 5.10 Å². The predicted molar refractivity (Wildman–Crippen MR) is 64.9 cm³/mol. The number of aromatic nitrogens is 2. The highest BCUT2D eigenvalue weighted by molar-refractivity contribution is 5.34. The van der Waals surface area contributed by atoms with Gasteiger partial charge in [-0.1, -0.05) is 18.2 Å². The van der Waals surface area contributed by atoms with E-state index in [1.54, 1.807) is 11.8 Å². The van der Waals surface area contributed by atoms with Crippen LogP contribution in [0.2, 0.25) is 0 Å². The van der Waals surface area contributed by atoms with Crippen LogP contribution in [-0.2, 0) is 6.54 Å². The Labute approximate surface area is 100 Å². The molecular formula is C13H16N2O2. The Morgan fingerprint density at radius 1 is 1.35 bits per heavy atom. The summed E-state index contributed by atoms with van der Waals surface area (Å²) in [6.07, 6.45) is 1.24. The molecule has 0 aliphatic rings. The van der Waals surface area contributed by atoms with Crippen LogP contribution < -0.4 is 4.74 Å². The van der Waals surface area contributed by atoms with E-state index in [4.69, 9.17) is 4.74 Å². The van der Waals surface area contributed by atoms with Gasteiger partial charge in [0.1, 0.15) is 11.9 Å². The molecule has 0 bridgehead atoms. The second kappa shape index (κ2) is 5.01. The van der Waals surface area contributed by atoms with Crippen molar-refractivity contribution in [1.29, 1.82) is 0 Å². The molecule has 1 unspecified atom stereocenters. The number of aryl methyl sites for hydroxylation is 1. The molecule has 0 amide bonds. The number of rotatable bonds is 4. The van der Waals surface area contributed by atoms with E-state index < -0.39 is 6.10 Å². The second-order valence-electron chi connectivity index (χ2n) is 3.94. The highest BCUT2D eigenvalue weighted by Crippen LogP contribution is 2.25. The molecule has 17 heavy (non-hydrogen) atoms. The van der Waals surface area contributed by atoms with E-state index in [1.807, 2.05) is 43.5 Å². The zero-order valence-electron chi connectivity index (χ0n) is 10.00. The number of hydrogen-bond acceptors (Lipinski definition) is 3. The maximum absolute atomic E-state index is 10.2. The minimum atomic E-state index is -0.620. The Hall–Kier alpha value is -1.81. The summed E-state index contributed by atoms with van der Waals surface area (Å²) in [6, 6.07) is 9.38. The lowest BCUT2D eigenvalue weighted by molar-refractivity contribution is 0.147. The summed E-state index contributed by atoms with van der Waals surface area (Å²) in [6.45, 7) is 2.35. The van der Waals surface area contributed by atoms with Crippen LogP contribution in [0.4, 0.5) is 0 Å². The van der Waals surface area contributed by atoms with Crippen LogP contribution in [0.15, 0.2) is 36.5 Å². The van der Waals surface area contributed by atoms with Crippen molar-refractivity contribution in [3.05, 3.63) is 47.8 Å². The van der Waals surface area contributed by atoms with Gasteiger partial charge < -0.3 is 9.84 Å². The van der Waals surface area contributed by atoms with Crippen LogP contribution in [0.5, 0.6) is 5.75 Å².